The zero-order valence-corrected chi connectivity index (χ0v) is 16.2. The lowest BCUT2D eigenvalue weighted by atomic mass is 9.56. The van der Waals surface area contributed by atoms with Gasteiger partial charge in [0.15, 0.2) is 5.96 Å². The molecule has 0 bridgehead atoms. The molecule has 2 unspecified atom stereocenters. The van der Waals surface area contributed by atoms with E-state index in [0.29, 0.717) is 18.5 Å². The highest BCUT2D eigenvalue weighted by Gasteiger charge is 2.58. The number of guanidine groups is 1. The summed E-state index contributed by atoms with van der Waals surface area (Å²) in [6, 6.07) is 0.348. The Labute approximate surface area is 144 Å². The molecule has 2 N–H and O–H groups in total. The van der Waals surface area contributed by atoms with Crippen molar-refractivity contribution < 1.29 is 4.74 Å². The second-order valence-electron chi connectivity index (χ2n) is 7.32. The van der Waals surface area contributed by atoms with Crippen LogP contribution in [0.2, 0.25) is 0 Å². The van der Waals surface area contributed by atoms with E-state index in [1.54, 1.807) is 25.5 Å². The maximum Gasteiger partial charge on any atom is 0.191 e. The third kappa shape index (κ3) is 3.53. The molecule has 130 valence electrons. The van der Waals surface area contributed by atoms with Gasteiger partial charge in [0, 0.05) is 36.9 Å². The molecule has 2 rings (SSSR count). The number of nitrogens with zero attached hydrogens (tertiary/aromatic N) is 2. The van der Waals surface area contributed by atoms with Crippen LogP contribution in [0, 0.1) is 5.41 Å². The lowest BCUT2D eigenvalue weighted by Crippen LogP contribution is -2.69. The number of aromatic nitrogens is 1. The number of aliphatic imine (C=N–C) groups is 1. The minimum Gasteiger partial charge on any atom is -0.378 e. The van der Waals surface area contributed by atoms with Gasteiger partial charge in [-0.2, -0.15) is 0 Å². The molecule has 5 nitrogen and oxygen atoms in total. The fraction of sp³-hybridized carbons (Fsp3) is 0.765. The van der Waals surface area contributed by atoms with Crippen molar-refractivity contribution in [2.75, 3.05) is 14.2 Å². The molecule has 1 saturated carbocycles. The molecule has 1 aromatic heterocycles. The van der Waals surface area contributed by atoms with Crippen molar-refractivity contribution in [1.29, 1.82) is 0 Å². The first kappa shape index (κ1) is 18.2. The molecule has 0 aromatic carbocycles. The van der Waals surface area contributed by atoms with Gasteiger partial charge in [-0.25, -0.2) is 4.98 Å². The Bertz CT molecular complexity index is 567. The highest BCUT2D eigenvalue weighted by molar-refractivity contribution is 7.09. The number of rotatable bonds is 5. The normalized spacial score (nSPS) is 27.0. The van der Waals surface area contributed by atoms with Crippen molar-refractivity contribution in [3.63, 3.8) is 0 Å². The Morgan fingerprint density at radius 2 is 2.17 bits per heavy atom. The summed E-state index contributed by atoms with van der Waals surface area (Å²) < 4.78 is 5.68. The van der Waals surface area contributed by atoms with E-state index in [2.05, 4.69) is 60.6 Å². The molecular formula is C17H30N4OS. The van der Waals surface area contributed by atoms with Crippen molar-refractivity contribution >= 4 is 17.3 Å². The Kier molecular flexibility index (Phi) is 5.36. The summed E-state index contributed by atoms with van der Waals surface area (Å²) in [5.74, 6) is 1.30. The van der Waals surface area contributed by atoms with Gasteiger partial charge in [-0.3, -0.25) is 4.99 Å². The summed E-state index contributed by atoms with van der Waals surface area (Å²) >= 11 is 1.72. The molecule has 0 amide bonds. The van der Waals surface area contributed by atoms with Crippen molar-refractivity contribution in [3.8, 4) is 0 Å². The van der Waals surface area contributed by atoms with E-state index < -0.39 is 0 Å². The molecule has 1 heterocycles. The fourth-order valence-corrected chi connectivity index (χ4v) is 3.76. The molecule has 2 atom stereocenters. The minimum atomic E-state index is -0.0788. The highest BCUT2D eigenvalue weighted by atomic mass is 32.1. The second-order valence-corrected chi connectivity index (χ2v) is 8.20. The van der Waals surface area contributed by atoms with Gasteiger partial charge in [-0.15, -0.1) is 11.3 Å². The Hall–Kier alpha value is -1.14. The van der Waals surface area contributed by atoms with Crippen LogP contribution in [-0.2, 0) is 11.3 Å². The first-order valence-electron chi connectivity index (χ1n) is 8.20. The number of methoxy groups -OCH3 is 1. The van der Waals surface area contributed by atoms with E-state index in [4.69, 9.17) is 4.74 Å². The second kappa shape index (κ2) is 6.77. The first-order chi connectivity index (χ1) is 10.7. The van der Waals surface area contributed by atoms with Crippen LogP contribution in [-0.4, -0.2) is 36.7 Å². The summed E-state index contributed by atoms with van der Waals surface area (Å²) in [5.41, 5.74) is 1.05. The number of ether oxygens (including phenoxy) is 1. The maximum atomic E-state index is 5.68. The molecule has 1 fully saturated rings. The van der Waals surface area contributed by atoms with Crippen molar-refractivity contribution in [1.82, 2.24) is 15.6 Å². The van der Waals surface area contributed by atoms with Gasteiger partial charge in [0.05, 0.1) is 22.8 Å². The van der Waals surface area contributed by atoms with Crippen LogP contribution in [0.1, 0.15) is 57.7 Å². The van der Waals surface area contributed by atoms with E-state index in [-0.39, 0.29) is 11.0 Å². The summed E-state index contributed by atoms with van der Waals surface area (Å²) in [7, 11) is 3.59. The predicted octanol–water partition coefficient (Wildman–Crippen LogP) is 3.14. The molecule has 6 heteroatoms. The molecule has 1 aliphatic rings. The first-order valence-corrected chi connectivity index (χ1v) is 9.08. The van der Waals surface area contributed by atoms with Crippen LogP contribution in [0.15, 0.2) is 10.4 Å². The van der Waals surface area contributed by atoms with Gasteiger partial charge in [0.1, 0.15) is 0 Å². The lowest BCUT2D eigenvalue weighted by molar-refractivity contribution is -0.176. The quantitative estimate of drug-likeness (QED) is 0.640. The van der Waals surface area contributed by atoms with Crippen LogP contribution in [0.25, 0.3) is 0 Å². The Morgan fingerprint density at radius 3 is 2.65 bits per heavy atom. The van der Waals surface area contributed by atoms with Crippen LogP contribution in [0.3, 0.4) is 0 Å². The number of hydrogen-bond acceptors (Lipinski definition) is 4. The van der Waals surface area contributed by atoms with Crippen LogP contribution in [0.4, 0.5) is 0 Å². The average Bonchev–Trinajstić information content (AvgIpc) is 2.99. The van der Waals surface area contributed by atoms with Crippen LogP contribution >= 0.6 is 11.3 Å². The van der Waals surface area contributed by atoms with Crippen molar-refractivity contribution in [2.24, 2.45) is 10.4 Å². The Balaban J connectivity index is 1.89. The van der Waals surface area contributed by atoms with E-state index >= 15 is 0 Å². The fourth-order valence-electron chi connectivity index (χ4n) is 2.93. The molecule has 23 heavy (non-hydrogen) atoms. The summed E-state index contributed by atoms with van der Waals surface area (Å²) in [4.78, 5) is 8.98. The highest BCUT2D eigenvalue weighted by Crippen LogP contribution is 2.51. The van der Waals surface area contributed by atoms with E-state index in [0.717, 1.165) is 18.1 Å². The number of hydrogen-bond donors (Lipinski definition) is 2. The lowest BCUT2D eigenvalue weighted by Gasteiger charge is -2.59. The van der Waals surface area contributed by atoms with Gasteiger partial charge < -0.3 is 15.4 Å². The molecule has 0 saturated heterocycles. The van der Waals surface area contributed by atoms with E-state index in [9.17, 15) is 0 Å². The third-order valence-electron chi connectivity index (χ3n) is 5.31. The van der Waals surface area contributed by atoms with Gasteiger partial charge in [-0.05, 0) is 13.3 Å². The molecule has 0 spiro atoms. The zero-order valence-electron chi connectivity index (χ0n) is 15.4. The van der Waals surface area contributed by atoms with E-state index in [1.165, 1.54) is 5.01 Å². The van der Waals surface area contributed by atoms with Gasteiger partial charge in [-0.1, -0.05) is 27.7 Å². The van der Waals surface area contributed by atoms with Crippen LogP contribution in [0.5, 0.6) is 0 Å². The van der Waals surface area contributed by atoms with Gasteiger partial charge >= 0.3 is 0 Å². The number of nitrogens with one attached hydrogen (secondary N) is 2. The molecule has 0 aliphatic heterocycles. The zero-order chi connectivity index (χ0) is 17.3. The van der Waals surface area contributed by atoms with Crippen LogP contribution < -0.4 is 10.6 Å². The molecule has 1 aliphatic carbocycles. The summed E-state index contributed by atoms with van der Waals surface area (Å²) in [6.45, 7) is 11.7. The van der Waals surface area contributed by atoms with Crippen molar-refractivity contribution in [3.05, 3.63) is 16.1 Å². The minimum absolute atomic E-state index is 0.0603. The largest absolute Gasteiger partial charge is 0.378 e. The Morgan fingerprint density at radius 1 is 1.48 bits per heavy atom. The monoisotopic (exact) mass is 338 g/mol. The molecular weight excluding hydrogens is 308 g/mol. The molecule has 0 radical (unpaired) electrons. The smallest absolute Gasteiger partial charge is 0.191 e. The molecule has 1 aromatic rings. The standard InChI is InChI=1S/C17H30N4OS/c1-11(2)14-20-12(10-23-14)9-19-15(18-6)21-13-8-17(5,22-7)16(13,3)4/h10-11,13H,8-9H2,1-7H3,(H2,18,19,21). The topological polar surface area (TPSA) is 58.5 Å². The number of thiazole rings is 1. The maximum absolute atomic E-state index is 5.68. The summed E-state index contributed by atoms with van der Waals surface area (Å²) in [6.07, 6.45) is 0.978. The SMILES string of the molecule is CN=C(NCc1csc(C(C)C)n1)NC1CC(C)(OC)C1(C)C. The average molecular weight is 339 g/mol. The third-order valence-corrected chi connectivity index (χ3v) is 6.51. The summed E-state index contributed by atoms with van der Waals surface area (Å²) in [5, 5.41) is 10.2. The van der Waals surface area contributed by atoms with Gasteiger partial charge in [0.2, 0.25) is 0 Å². The van der Waals surface area contributed by atoms with Gasteiger partial charge in [0.25, 0.3) is 0 Å². The van der Waals surface area contributed by atoms with E-state index in [1.807, 2.05) is 0 Å². The predicted molar refractivity (Wildman–Crippen MR) is 97.1 cm³/mol. The van der Waals surface area contributed by atoms with Crippen molar-refractivity contribution in [2.45, 2.75) is 65.1 Å².